The highest BCUT2D eigenvalue weighted by Gasteiger charge is 2.34. The lowest BCUT2D eigenvalue weighted by Crippen LogP contribution is -2.45. The molecule has 1 aromatic heterocycles. The van der Waals surface area contributed by atoms with Crippen LogP contribution in [0, 0.1) is 5.82 Å². The standard InChI is InChI=1S/C17H20FN3O4/c1-23-14-8-7-12(10-13(14)18)21-16(22)20-11-17(24-2,25-3)15-6-4-5-9-19-15/h4-10H,11H2,1-3H3,(H2,20,21,22). The number of nitrogens with zero attached hydrogens (tertiary/aromatic N) is 1. The fourth-order valence-electron chi connectivity index (χ4n) is 2.23. The highest BCUT2D eigenvalue weighted by Crippen LogP contribution is 2.23. The maximum absolute atomic E-state index is 13.7. The summed E-state index contributed by atoms with van der Waals surface area (Å²) in [6, 6.07) is 8.85. The van der Waals surface area contributed by atoms with E-state index in [1.54, 1.807) is 24.4 Å². The molecular formula is C17H20FN3O4. The van der Waals surface area contributed by atoms with Gasteiger partial charge in [0.05, 0.1) is 13.7 Å². The van der Waals surface area contributed by atoms with Crippen LogP contribution in [0.25, 0.3) is 0 Å². The Kier molecular flexibility index (Phi) is 6.26. The van der Waals surface area contributed by atoms with E-state index in [0.29, 0.717) is 5.69 Å². The van der Waals surface area contributed by atoms with Crippen LogP contribution in [0.3, 0.4) is 0 Å². The average Bonchev–Trinajstić information content (AvgIpc) is 2.64. The van der Waals surface area contributed by atoms with Crippen molar-refractivity contribution in [3.63, 3.8) is 0 Å². The number of ether oxygens (including phenoxy) is 3. The Morgan fingerprint density at radius 3 is 2.52 bits per heavy atom. The van der Waals surface area contributed by atoms with Crippen molar-refractivity contribution in [1.29, 1.82) is 0 Å². The number of hydrogen-bond donors (Lipinski definition) is 2. The van der Waals surface area contributed by atoms with Gasteiger partial charge in [-0.15, -0.1) is 0 Å². The number of carbonyl (C=O) groups is 1. The monoisotopic (exact) mass is 349 g/mol. The van der Waals surface area contributed by atoms with Crippen LogP contribution in [-0.4, -0.2) is 38.9 Å². The number of benzene rings is 1. The minimum absolute atomic E-state index is 0.00147. The molecule has 0 aliphatic heterocycles. The lowest BCUT2D eigenvalue weighted by atomic mass is 10.1. The molecular weight excluding hydrogens is 329 g/mol. The van der Waals surface area contributed by atoms with Gasteiger partial charge in [-0.2, -0.15) is 0 Å². The van der Waals surface area contributed by atoms with E-state index in [0.717, 1.165) is 6.07 Å². The van der Waals surface area contributed by atoms with E-state index < -0.39 is 17.6 Å². The smallest absolute Gasteiger partial charge is 0.319 e. The first-order chi connectivity index (χ1) is 12.0. The van der Waals surface area contributed by atoms with Gasteiger partial charge in [-0.1, -0.05) is 6.07 Å². The van der Waals surface area contributed by atoms with Gasteiger partial charge in [-0.25, -0.2) is 9.18 Å². The molecule has 2 amide bonds. The van der Waals surface area contributed by atoms with Crippen LogP contribution in [0.15, 0.2) is 42.6 Å². The highest BCUT2D eigenvalue weighted by atomic mass is 19.1. The molecule has 134 valence electrons. The van der Waals surface area contributed by atoms with Gasteiger partial charge in [0.25, 0.3) is 0 Å². The molecule has 8 heteroatoms. The molecule has 0 aliphatic rings. The summed E-state index contributed by atoms with van der Waals surface area (Å²) in [4.78, 5) is 16.3. The molecule has 2 N–H and O–H groups in total. The minimum atomic E-state index is -1.23. The van der Waals surface area contributed by atoms with E-state index in [1.165, 1.54) is 33.5 Å². The summed E-state index contributed by atoms with van der Waals surface area (Å²) in [6.07, 6.45) is 1.60. The summed E-state index contributed by atoms with van der Waals surface area (Å²) < 4.78 is 29.3. The number of amides is 2. The van der Waals surface area contributed by atoms with Crippen molar-refractivity contribution in [2.45, 2.75) is 5.79 Å². The van der Waals surface area contributed by atoms with Crippen molar-refractivity contribution >= 4 is 11.7 Å². The zero-order valence-electron chi connectivity index (χ0n) is 14.2. The van der Waals surface area contributed by atoms with E-state index in [4.69, 9.17) is 14.2 Å². The Balaban J connectivity index is 2.03. The van der Waals surface area contributed by atoms with Gasteiger partial charge in [0.15, 0.2) is 11.6 Å². The van der Waals surface area contributed by atoms with Crippen LogP contribution in [0.1, 0.15) is 5.69 Å². The van der Waals surface area contributed by atoms with Gasteiger partial charge < -0.3 is 24.8 Å². The molecule has 2 aromatic rings. The first kappa shape index (κ1) is 18.6. The summed E-state index contributed by atoms with van der Waals surface area (Å²) >= 11 is 0. The maximum Gasteiger partial charge on any atom is 0.319 e. The predicted molar refractivity (Wildman–Crippen MR) is 89.9 cm³/mol. The lowest BCUT2D eigenvalue weighted by Gasteiger charge is -2.30. The Morgan fingerprint density at radius 1 is 1.20 bits per heavy atom. The summed E-state index contributed by atoms with van der Waals surface area (Å²) in [5.41, 5.74) is 0.796. The quantitative estimate of drug-likeness (QED) is 0.751. The largest absolute Gasteiger partial charge is 0.494 e. The number of urea groups is 1. The summed E-state index contributed by atoms with van der Waals surface area (Å²) in [5, 5.41) is 5.16. The molecule has 2 rings (SSSR count). The lowest BCUT2D eigenvalue weighted by molar-refractivity contribution is -0.213. The summed E-state index contributed by atoms with van der Waals surface area (Å²) in [6.45, 7) is 0.00147. The fraction of sp³-hybridized carbons (Fsp3) is 0.294. The van der Waals surface area contributed by atoms with Crippen molar-refractivity contribution < 1.29 is 23.4 Å². The molecule has 0 aliphatic carbocycles. The maximum atomic E-state index is 13.7. The van der Waals surface area contributed by atoms with Gasteiger partial charge in [0.1, 0.15) is 5.69 Å². The van der Waals surface area contributed by atoms with Gasteiger partial charge in [0.2, 0.25) is 5.79 Å². The Labute approximate surface area is 145 Å². The summed E-state index contributed by atoms with van der Waals surface area (Å²) in [5.74, 6) is -1.71. The SMILES string of the molecule is COc1ccc(NC(=O)NCC(OC)(OC)c2ccccn2)cc1F. The molecule has 1 heterocycles. The molecule has 0 spiro atoms. The van der Waals surface area contributed by atoms with E-state index in [2.05, 4.69) is 15.6 Å². The molecule has 0 atom stereocenters. The molecule has 7 nitrogen and oxygen atoms in total. The van der Waals surface area contributed by atoms with Gasteiger partial charge in [0, 0.05) is 32.2 Å². The predicted octanol–water partition coefficient (Wildman–Crippen LogP) is 2.50. The van der Waals surface area contributed by atoms with E-state index >= 15 is 0 Å². The van der Waals surface area contributed by atoms with E-state index in [1.807, 2.05) is 0 Å². The van der Waals surface area contributed by atoms with Crippen molar-refractivity contribution in [2.75, 3.05) is 33.2 Å². The molecule has 1 aromatic carbocycles. The van der Waals surface area contributed by atoms with Crippen LogP contribution in [0.5, 0.6) is 5.75 Å². The van der Waals surface area contributed by atoms with Gasteiger partial charge in [-0.05, 0) is 24.3 Å². The fourth-order valence-corrected chi connectivity index (χ4v) is 2.23. The first-order valence-corrected chi connectivity index (χ1v) is 7.45. The molecule has 0 radical (unpaired) electrons. The third-order valence-electron chi connectivity index (χ3n) is 3.61. The van der Waals surface area contributed by atoms with Crippen molar-refractivity contribution in [2.24, 2.45) is 0 Å². The van der Waals surface area contributed by atoms with Crippen LogP contribution in [-0.2, 0) is 15.3 Å². The molecule has 0 saturated carbocycles. The molecule has 0 fully saturated rings. The zero-order chi connectivity index (χ0) is 18.3. The van der Waals surface area contributed by atoms with Crippen LogP contribution >= 0.6 is 0 Å². The van der Waals surface area contributed by atoms with Gasteiger partial charge >= 0.3 is 6.03 Å². The van der Waals surface area contributed by atoms with Crippen molar-refractivity contribution in [3.8, 4) is 5.75 Å². The molecule has 25 heavy (non-hydrogen) atoms. The number of nitrogens with one attached hydrogen (secondary N) is 2. The van der Waals surface area contributed by atoms with Crippen molar-refractivity contribution in [3.05, 3.63) is 54.1 Å². The molecule has 0 saturated heterocycles. The van der Waals surface area contributed by atoms with Gasteiger partial charge in [-0.3, -0.25) is 4.98 Å². The Morgan fingerprint density at radius 2 is 1.96 bits per heavy atom. The topological polar surface area (TPSA) is 81.7 Å². The second-order valence-electron chi connectivity index (χ2n) is 5.03. The average molecular weight is 349 g/mol. The zero-order valence-corrected chi connectivity index (χ0v) is 14.2. The van der Waals surface area contributed by atoms with Crippen molar-refractivity contribution in [1.82, 2.24) is 10.3 Å². The number of pyridine rings is 1. The number of hydrogen-bond acceptors (Lipinski definition) is 5. The van der Waals surface area contributed by atoms with Crippen LogP contribution < -0.4 is 15.4 Å². The Hall–Kier alpha value is -2.71. The third kappa shape index (κ3) is 4.43. The first-order valence-electron chi connectivity index (χ1n) is 7.45. The van der Waals surface area contributed by atoms with E-state index in [-0.39, 0.29) is 18.0 Å². The number of halogens is 1. The number of anilines is 1. The summed E-state index contributed by atoms with van der Waals surface area (Å²) in [7, 11) is 4.28. The number of methoxy groups -OCH3 is 3. The Bertz CT molecular complexity index is 708. The highest BCUT2D eigenvalue weighted by molar-refractivity contribution is 5.89. The number of rotatable bonds is 7. The molecule has 0 unspecified atom stereocenters. The number of carbonyl (C=O) groups excluding carboxylic acids is 1. The van der Waals surface area contributed by atoms with E-state index in [9.17, 15) is 9.18 Å². The van der Waals surface area contributed by atoms with Crippen LogP contribution in [0.2, 0.25) is 0 Å². The third-order valence-corrected chi connectivity index (χ3v) is 3.61. The molecule has 0 bridgehead atoms. The second-order valence-corrected chi connectivity index (χ2v) is 5.03. The van der Waals surface area contributed by atoms with Crippen LogP contribution in [0.4, 0.5) is 14.9 Å². The second kappa shape index (κ2) is 8.41. The number of aromatic nitrogens is 1. The minimum Gasteiger partial charge on any atom is -0.494 e. The normalized spacial score (nSPS) is 11.0.